The summed E-state index contributed by atoms with van der Waals surface area (Å²) in [5, 5.41) is 2.71. The van der Waals surface area contributed by atoms with Crippen molar-refractivity contribution in [2.75, 3.05) is 19.4 Å². The number of hydrogen-bond acceptors (Lipinski definition) is 6. The summed E-state index contributed by atoms with van der Waals surface area (Å²) in [7, 11) is 5.09. The summed E-state index contributed by atoms with van der Waals surface area (Å²) in [6.45, 7) is 4.63. The van der Waals surface area contributed by atoms with E-state index in [2.05, 4.69) is 35.2 Å². The zero-order valence-electron chi connectivity index (χ0n) is 25.3. The molecule has 228 valence electrons. The number of nitrogens with one attached hydrogen (secondary N) is 2. The molecule has 43 heavy (non-hydrogen) atoms. The van der Waals surface area contributed by atoms with E-state index in [-0.39, 0.29) is 36.0 Å². The topological polar surface area (TPSA) is 161 Å². The molecule has 4 N–H and O–H groups in total. The summed E-state index contributed by atoms with van der Waals surface area (Å²) < 4.78 is 3.10. The lowest BCUT2D eigenvalue weighted by Crippen LogP contribution is -2.26. The predicted octanol–water partition coefficient (Wildman–Crippen LogP) is 3.24. The Morgan fingerprint density at radius 3 is 2.56 bits per heavy atom. The number of pyridine rings is 1. The third-order valence-corrected chi connectivity index (χ3v) is 6.43. The smallest absolute Gasteiger partial charge is 0.274 e. The third kappa shape index (κ3) is 9.52. The molecule has 3 aromatic heterocycles. The van der Waals surface area contributed by atoms with Gasteiger partial charge in [0.15, 0.2) is 0 Å². The van der Waals surface area contributed by atoms with Crippen LogP contribution >= 0.6 is 0 Å². The van der Waals surface area contributed by atoms with Crippen LogP contribution in [0.5, 0.6) is 0 Å². The molecule has 3 amide bonds. The van der Waals surface area contributed by atoms with Crippen molar-refractivity contribution >= 4 is 34.4 Å². The van der Waals surface area contributed by atoms with E-state index in [4.69, 9.17) is 10.7 Å². The van der Waals surface area contributed by atoms with Crippen molar-refractivity contribution in [3.63, 3.8) is 0 Å². The number of nitrogens with two attached hydrogens (primary N) is 1. The number of fused-ring (bicyclic) bond motifs is 1. The van der Waals surface area contributed by atoms with Crippen molar-refractivity contribution in [3.8, 4) is 0 Å². The first-order valence-electron chi connectivity index (χ1n) is 14.1. The Kier molecular flexibility index (Phi) is 11.6. The van der Waals surface area contributed by atoms with Gasteiger partial charge in [0.1, 0.15) is 17.2 Å². The number of carbonyl (C=O) groups is 3. The Bertz CT molecular complexity index is 1640. The zero-order chi connectivity index (χ0) is 31.5. The SMILES string of the molecule is CC(C)Cc1cccc2[nH]c(Cn3cccc(NC(=O)CCC/C=C/C(=O)N(C)C)c3=O)nc12.Cn1cncc1C(N)=O. The number of para-hydroxylation sites is 1. The molecular formula is C31H40N8O4. The van der Waals surface area contributed by atoms with Crippen LogP contribution in [-0.4, -0.2) is 60.8 Å². The van der Waals surface area contributed by atoms with Gasteiger partial charge < -0.3 is 30.1 Å². The predicted molar refractivity (Wildman–Crippen MR) is 166 cm³/mol. The van der Waals surface area contributed by atoms with Crippen molar-refractivity contribution in [2.24, 2.45) is 18.7 Å². The van der Waals surface area contributed by atoms with Gasteiger partial charge in [-0.3, -0.25) is 19.2 Å². The highest BCUT2D eigenvalue weighted by Gasteiger charge is 2.12. The van der Waals surface area contributed by atoms with Crippen molar-refractivity contribution in [1.82, 2.24) is 29.0 Å². The number of aromatic amines is 1. The molecule has 3 heterocycles. The van der Waals surface area contributed by atoms with Crippen LogP contribution < -0.4 is 16.6 Å². The van der Waals surface area contributed by atoms with Crippen LogP contribution in [0, 0.1) is 5.92 Å². The number of rotatable bonds is 11. The summed E-state index contributed by atoms with van der Waals surface area (Å²) in [4.78, 5) is 60.4. The number of unbranched alkanes of at least 4 members (excludes halogenated alkanes) is 1. The summed E-state index contributed by atoms with van der Waals surface area (Å²) in [5.41, 5.74) is 8.41. The Hall–Kier alpha value is -5.00. The van der Waals surface area contributed by atoms with E-state index in [0.717, 1.165) is 17.5 Å². The molecule has 0 spiro atoms. The maximum atomic E-state index is 12.9. The molecule has 0 fully saturated rings. The normalized spacial score (nSPS) is 11.0. The van der Waals surface area contributed by atoms with Crippen LogP contribution in [0.4, 0.5) is 5.69 Å². The number of nitrogens with zero attached hydrogens (tertiary/aromatic N) is 5. The molecule has 0 saturated carbocycles. The number of amides is 3. The number of anilines is 1. The van der Waals surface area contributed by atoms with E-state index >= 15 is 0 Å². The number of hydrogen-bond donors (Lipinski definition) is 3. The van der Waals surface area contributed by atoms with Gasteiger partial charge in [0.2, 0.25) is 11.8 Å². The summed E-state index contributed by atoms with van der Waals surface area (Å²) in [5.74, 6) is 0.440. The molecular weight excluding hydrogens is 548 g/mol. The number of benzene rings is 1. The molecule has 1 aromatic carbocycles. The van der Waals surface area contributed by atoms with Gasteiger partial charge in [-0.1, -0.05) is 32.1 Å². The molecule has 12 heteroatoms. The van der Waals surface area contributed by atoms with Gasteiger partial charge in [-0.2, -0.15) is 0 Å². The highest BCUT2D eigenvalue weighted by atomic mass is 16.2. The minimum absolute atomic E-state index is 0.0881. The summed E-state index contributed by atoms with van der Waals surface area (Å²) >= 11 is 0. The maximum absolute atomic E-state index is 12.9. The highest BCUT2D eigenvalue weighted by molar-refractivity contribution is 5.91. The average Bonchev–Trinajstić information content (AvgIpc) is 3.57. The number of H-pyrrole nitrogens is 1. The van der Waals surface area contributed by atoms with E-state index in [1.165, 1.54) is 33.6 Å². The fraction of sp³-hybridized carbons (Fsp3) is 0.355. The zero-order valence-corrected chi connectivity index (χ0v) is 25.3. The van der Waals surface area contributed by atoms with Crippen LogP contribution in [0.3, 0.4) is 0 Å². The maximum Gasteiger partial charge on any atom is 0.274 e. The van der Waals surface area contributed by atoms with Crippen LogP contribution in [0.1, 0.15) is 55.0 Å². The van der Waals surface area contributed by atoms with Crippen LogP contribution in [-0.2, 0) is 29.6 Å². The van der Waals surface area contributed by atoms with Gasteiger partial charge in [-0.25, -0.2) is 9.97 Å². The number of allylic oxidation sites excluding steroid dienone is 1. The Morgan fingerprint density at radius 1 is 1.16 bits per heavy atom. The summed E-state index contributed by atoms with van der Waals surface area (Å²) in [6, 6.07) is 9.43. The molecule has 12 nitrogen and oxygen atoms in total. The second kappa shape index (κ2) is 15.3. The van der Waals surface area contributed by atoms with Crippen molar-refractivity contribution in [3.05, 3.63) is 88.6 Å². The Morgan fingerprint density at radius 2 is 1.93 bits per heavy atom. The van der Waals surface area contributed by atoms with Gasteiger partial charge >= 0.3 is 0 Å². The quantitative estimate of drug-likeness (QED) is 0.180. The number of imidazole rings is 2. The highest BCUT2D eigenvalue weighted by Crippen LogP contribution is 2.20. The molecule has 0 aliphatic heterocycles. The van der Waals surface area contributed by atoms with E-state index in [1.54, 1.807) is 50.1 Å². The molecule has 0 atom stereocenters. The van der Waals surface area contributed by atoms with Gasteiger partial charge in [0.25, 0.3) is 11.5 Å². The largest absolute Gasteiger partial charge is 0.364 e. The second-order valence-electron chi connectivity index (χ2n) is 10.8. The molecule has 4 aromatic rings. The first kappa shape index (κ1) is 32.5. The van der Waals surface area contributed by atoms with Crippen molar-refractivity contribution in [1.29, 1.82) is 0 Å². The number of likely N-dealkylation sites (N-methyl/N-ethyl adjacent to an activating group) is 1. The first-order chi connectivity index (χ1) is 20.5. The van der Waals surface area contributed by atoms with Crippen molar-refractivity contribution in [2.45, 2.75) is 46.1 Å². The molecule has 4 rings (SSSR count). The average molecular weight is 589 g/mol. The number of aromatic nitrogens is 5. The van der Waals surface area contributed by atoms with E-state index in [9.17, 15) is 19.2 Å². The van der Waals surface area contributed by atoms with Crippen LogP contribution in [0.15, 0.2) is 66.0 Å². The fourth-order valence-electron chi connectivity index (χ4n) is 4.26. The van der Waals surface area contributed by atoms with Crippen LogP contribution in [0.25, 0.3) is 11.0 Å². The third-order valence-electron chi connectivity index (χ3n) is 6.43. The molecule has 0 aliphatic rings. The molecule has 0 unspecified atom stereocenters. The second-order valence-corrected chi connectivity index (χ2v) is 10.8. The van der Waals surface area contributed by atoms with Crippen LogP contribution in [0.2, 0.25) is 0 Å². The number of aryl methyl sites for hydroxylation is 1. The van der Waals surface area contributed by atoms with Gasteiger partial charge in [-0.05, 0) is 55.0 Å². The molecule has 0 aliphatic carbocycles. The fourth-order valence-corrected chi connectivity index (χ4v) is 4.26. The monoisotopic (exact) mass is 588 g/mol. The van der Waals surface area contributed by atoms with E-state index in [0.29, 0.717) is 30.3 Å². The minimum Gasteiger partial charge on any atom is -0.364 e. The van der Waals surface area contributed by atoms with Gasteiger partial charge in [0, 0.05) is 33.8 Å². The lowest BCUT2D eigenvalue weighted by molar-refractivity contribution is -0.123. The first-order valence-corrected chi connectivity index (χ1v) is 14.1. The molecule has 0 saturated heterocycles. The Labute approximate surface area is 250 Å². The van der Waals surface area contributed by atoms with E-state index < -0.39 is 5.91 Å². The molecule has 0 radical (unpaired) electrons. The summed E-state index contributed by atoms with van der Waals surface area (Å²) in [6.07, 6.45) is 10.3. The lowest BCUT2D eigenvalue weighted by atomic mass is 10.0. The molecule has 0 bridgehead atoms. The van der Waals surface area contributed by atoms with Gasteiger partial charge in [-0.15, -0.1) is 0 Å². The minimum atomic E-state index is -0.449. The van der Waals surface area contributed by atoms with E-state index in [1.807, 2.05) is 12.1 Å². The lowest BCUT2D eigenvalue weighted by Gasteiger charge is -2.08. The number of carbonyl (C=O) groups excluding carboxylic acids is 3. The van der Waals surface area contributed by atoms with Crippen molar-refractivity contribution < 1.29 is 14.4 Å². The number of primary amides is 1. The van der Waals surface area contributed by atoms with Gasteiger partial charge in [0.05, 0.1) is 30.1 Å². The Balaban J connectivity index is 0.000000480. The standard InChI is InChI=1S/C26H33N5O3.C5H7N3O/c1-18(2)16-19-10-8-11-20-25(19)29-22(27-20)17-31-15-9-12-21(26(31)34)28-23(32)13-6-5-7-14-24(33)30(3)4;1-8-3-7-2-4(8)5(6)9/h7-12,14-15,18H,5-6,13,16-17H2,1-4H3,(H,27,29)(H,28,32);2-3H,1H3,(H2,6,9)/b14-7+;.